The van der Waals surface area contributed by atoms with Crippen molar-refractivity contribution >= 4 is 5.91 Å². The number of carbonyl (C=O) groups is 1. The summed E-state index contributed by atoms with van der Waals surface area (Å²) < 4.78 is 48.4. The molecule has 1 saturated carbocycles. The van der Waals surface area contributed by atoms with Crippen molar-refractivity contribution in [3.8, 4) is 11.5 Å². The highest BCUT2D eigenvalue weighted by Gasteiger charge is 2.41. The molecular formula is C17H20F3NO3. The quantitative estimate of drug-likeness (QED) is 0.909. The van der Waals surface area contributed by atoms with Gasteiger partial charge in [0, 0.05) is 12.5 Å². The van der Waals surface area contributed by atoms with E-state index in [0.717, 1.165) is 5.56 Å². The molecule has 1 amide bonds. The lowest BCUT2D eigenvalue weighted by Gasteiger charge is -2.30. The normalized spacial score (nSPS) is 23.1. The second-order valence-electron chi connectivity index (χ2n) is 6.35. The van der Waals surface area contributed by atoms with E-state index in [-0.39, 0.29) is 31.6 Å². The van der Waals surface area contributed by atoms with Gasteiger partial charge in [-0.2, -0.15) is 13.2 Å². The van der Waals surface area contributed by atoms with Crippen LogP contribution in [0.1, 0.15) is 37.7 Å². The minimum Gasteiger partial charge on any atom is -0.454 e. The van der Waals surface area contributed by atoms with Crippen molar-refractivity contribution in [2.24, 2.45) is 5.92 Å². The second kappa shape index (κ2) is 6.91. The van der Waals surface area contributed by atoms with Gasteiger partial charge in [-0.15, -0.1) is 0 Å². The van der Waals surface area contributed by atoms with E-state index in [1.807, 2.05) is 18.2 Å². The van der Waals surface area contributed by atoms with Gasteiger partial charge in [0.25, 0.3) is 0 Å². The number of rotatable bonds is 4. The number of hydrogen-bond donors (Lipinski definition) is 1. The van der Waals surface area contributed by atoms with Crippen LogP contribution in [-0.4, -0.2) is 24.9 Å². The molecule has 1 aliphatic carbocycles. The summed E-state index contributed by atoms with van der Waals surface area (Å²) in [6.45, 7) is 0.208. The third-order valence-electron chi connectivity index (χ3n) is 4.63. The van der Waals surface area contributed by atoms with Crippen molar-refractivity contribution in [1.29, 1.82) is 0 Å². The highest BCUT2D eigenvalue weighted by molar-refractivity contribution is 5.76. The largest absolute Gasteiger partial charge is 0.454 e. The molecule has 2 aliphatic rings. The summed E-state index contributed by atoms with van der Waals surface area (Å²) in [6, 6.07) is 5.40. The number of nitrogens with one attached hydrogen (secondary N) is 1. The molecule has 7 heteroatoms. The first-order valence-corrected chi connectivity index (χ1v) is 8.16. The average molecular weight is 343 g/mol. The van der Waals surface area contributed by atoms with Crippen molar-refractivity contribution in [1.82, 2.24) is 5.32 Å². The number of fused-ring (bicyclic) bond motifs is 1. The van der Waals surface area contributed by atoms with Crippen LogP contribution in [0.25, 0.3) is 0 Å². The Hall–Kier alpha value is -1.92. The molecule has 0 atom stereocenters. The van der Waals surface area contributed by atoms with Crippen molar-refractivity contribution in [3.05, 3.63) is 23.8 Å². The maximum Gasteiger partial charge on any atom is 0.391 e. The molecular weight excluding hydrogens is 323 g/mol. The average Bonchev–Trinajstić information content (AvgIpc) is 3.00. The van der Waals surface area contributed by atoms with Crippen LogP contribution in [0.3, 0.4) is 0 Å². The summed E-state index contributed by atoms with van der Waals surface area (Å²) in [5.74, 6) is 0.0328. The minimum absolute atomic E-state index is 0.0939. The van der Waals surface area contributed by atoms with Gasteiger partial charge in [0.2, 0.25) is 12.7 Å². The molecule has 0 unspecified atom stereocenters. The smallest absolute Gasteiger partial charge is 0.391 e. The van der Waals surface area contributed by atoms with Gasteiger partial charge in [-0.05, 0) is 49.8 Å². The van der Waals surface area contributed by atoms with Crippen LogP contribution >= 0.6 is 0 Å². The zero-order chi connectivity index (χ0) is 17.2. The Bertz CT molecular complexity index is 595. The number of halogens is 3. The fourth-order valence-electron chi connectivity index (χ4n) is 3.22. The molecule has 1 N–H and O–H groups in total. The van der Waals surface area contributed by atoms with Crippen LogP contribution < -0.4 is 14.8 Å². The molecule has 0 spiro atoms. The van der Waals surface area contributed by atoms with E-state index in [1.165, 1.54) is 0 Å². The monoisotopic (exact) mass is 343 g/mol. The lowest BCUT2D eigenvalue weighted by molar-refractivity contribution is -0.182. The zero-order valence-corrected chi connectivity index (χ0v) is 13.2. The molecule has 0 saturated heterocycles. The number of amides is 1. The number of carbonyl (C=O) groups excluding carboxylic acids is 1. The van der Waals surface area contributed by atoms with Crippen LogP contribution in [0.5, 0.6) is 11.5 Å². The lowest BCUT2D eigenvalue weighted by Crippen LogP contribution is -2.40. The van der Waals surface area contributed by atoms with Crippen LogP contribution in [0, 0.1) is 5.92 Å². The molecule has 0 radical (unpaired) electrons. The molecule has 1 heterocycles. The summed E-state index contributed by atoms with van der Waals surface area (Å²) in [5, 5.41) is 2.85. The first kappa shape index (κ1) is 16.9. The summed E-state index contributed by atoms with van der Waals surface area (Å²) in [6.07, 6.45) is -2.29. The van der Waals surface area contributed by atoms with E-state index in [2.05, 4.69) is 5.32 Å². The van der Waals surface area contributed by atoms with Crippen molar-refractivity contribution < 1.29 is 27.4 Å². The standard InChI is InChI=1S/C17H20F3NO3/c18-17(19,20)12-3-5-13(6-4-12)21-16(22)8-2-11-1-7-14-15(9-11)24-10-23-14/h1,7,9,12-13H,2-6,8,10H2,(H,21,22). The minimum atomic E-state index is -4.12. The maximum atomic E-state index is 12.6. The van der Waals surface area contributed by atoms with E-state index in [4.69, 9.17) is 9.47 Å². The highest BCUT2D eigenvalue weighted by Crippen LogP contribution is 2.37. The van der Waals surface area contributed by atoms with Gasteiger partial charge in [0.05, 0.1) is 5.92 Å². The molecule has 24 heavy (non-hydrogen) atoms. The lowest BCUT2D eigenvalue weighted by atomic mass is 9.85. The zero-order valence-electron chi connectivity index (χ0n) is 13.2. The number of aryl methyl sites for hydroxylation is 1. The summed E-state index contributed by atoms with van der Waals surface area (Å²) in [7, 11) is 0. The third-order valence-corrected chi connectivity index (χ3v) is 4.63. The Morgan fingerprint density at radius 2 is 1.83 bits per heavy atom. The van der Waals surface area contributed by atoms with E-state index in [0.29, 0.717) is 37.2 Å². The first-order valence-electron chi connectivity index (χ1n) is 8.16. The van der Waals surface area contributed by atoms with Crippen LogP contribution in [0.4, 0.5) is 13.2 Å². The van der Waals surface area contributed by atoms with Crippen molar-refractivity contribution in [3.63, 3.8) is 0 Å². The highest BCUT2D eigenvalue weighted by atomic mass is 19.4. The molecule has 3 rings (SSSR count). The van der Waals surface area contributed by atoms with Crippen LogP contribution in [0.15, 0.2) is 18.2 Å². The molecule has 0 aromatic heterocycles. The molecule has 1 fully saturated rings. The van der Waals surface area contributed by atoms with E-state index in [1.54, 1.807) is 0 Å². The number of alkyl halides is 3. The fraction of sp³-hybridized carbons (Fsp3) is 0.588. The van der Waals surface area contributed by atoms with Gasteiger partial charge in [-0.1, -0.05) is 6.07 Å². The molecule has 1 aromatic rings. The van der Waals surface area contributed by atoms with Crippen LogP contribution in [-0.2, 0) is 11.2 Å². The summed E-state index contributed by atoms with van der Waals surface area (Å²) in [5.41, 5.74) is 0.968. The number of benzene rings is 1. The summed E-state index contributed by atoms with van der Waals surface area (Å²) >= 11 is 0. The van der Waals surface area contributed by atoms with Gasteiger partial charge in [0.1, 0.15) is 0 Å². The Morgan fingerprint density at radius 1 is 1.12 bits per heavy atom. The third kappa shape index (κ3) is 4.13. The maximum absolute atomic E-state index is 12.6. The predicted molar refractivity (Wildman–Crippen MR) is 80.8 cm³/mol. The van der Waals surface area contributed by atoms with Gasteiger partial charge in [-0.25, -0.2) is 0 Å². The Balaban J connectivity index is 1.42. The number of hydrogen-bond acceptors (Lipinski definition) is 3. The SMILES string of the molecule is O=C(CCc1ccc2c(c1)OCO2)NC1CCC(C(F)(F)F)CC1. The number of ether oxygens (including phenoxy) is 2. The Kier molecular flexibility index (Phi) is 4.87. The summed E-state index contributed by atoms with van der Waals surface area (Å²) in [4.78, 5) is 12.0. The van der Waals surface area contributed by atoms with Crippen molar-refractivity contribution in [2.45, 2.75) is 50.7 Å². The van der Waals surface area contributed by atoms with Crippen molar-refractivity contribution in [2.75, 3.05) is 6.79 Å². The molecule has 132 valence electrons. The molecule has 4 nitrogen and oxygen atoms in total. The molecule has 1 aromatic carbocycles. The Morgan fingerprint density at radius 3 is 2.54 bits per heavy atom. The van der Waals surface area contributed by atoms with Gasteiger partial charge in [-0.3, -0.25) is 4.79 Å². The van der Waals surface area contributed by atoms with E-state index in [9.17, 15) is 18.0 Å². The van der Waals surface area contributed by atoms with Crippen LogP contribution in [0.2, 0.25) is 0 Å². The Labute approximate surface area is 138 Å². The fourth-order valence-corrected chi connectivity index (χ4v) is 3.22. The molecule has 1 aliphatic heterocycles. The van der Waals surface area contributed by atoms with E-state index < -0.39 is 12.1 Å². The van der Waals surface area contributed by atoms with Gasteiger partial charge < -0.3 is 14.8 Å². The predicted octanol–water partition coefficient (Wildman–Crippen LogP) is 3.59. The van der Waals surface area contributed by atoms with E-state index >= 15 is 0 Å². The first-order chi connectivity index (χ1) is 11.4. The topological polar surface area (TPSA) is 47.6 Å². The van der Waals surface area contributed by atoms with Gasteiger partial charge in [0.15, 0.2) is 11.5 Å². The van der Waals surface area contributed by atoms with Gasteiger partial charge >= 0.3 is 6.18 Å². The second-order valence-corrected chi connectivity index (χ2v) is 6.35. The molecule has 0 bridgehead atoms.